The van der Waals surface area contributed by atoms with Crippen molar-refractivity contribution in [1.82, 2.24) is 9.97 Å². The first kappa shape index (κ1) is 10.4. The van der Waals surface area contributed by atoms with Crippen molar-refractivity contribution in [2.45, 2.75) is 12.1 Å². The second kappa shape index (κ2) is 3.60. The summed E-state index contributed by atoms with van der Waals surface area (Å²) in [7, 11) is -3.47. The Labute approximate surface area is 80.4 Å². The minimum atomic E-state index is -3.47. The van der Waals surface area contributed by atoms with Crippen molar-refractivity contribution in [3.8, 4) is 0 Å². The van der Waals surface area contributed by atoms with Crippen LogP contribution in [0.2, 0.25) is 0 Å². The van der Waals surface area contributed by atoms with E-state index < -0.39 is 9.84 Å². The number of sulfone groups is 1. The van der Waals surface area contributed by atoms with Crippen molar-refractivity contribution in [1.29, 1.82) is 0 Å². The van der Waals surface area contributed by atoms with E-state index in [0.29, 0.717) is 5.69 Å². The molecule has 8 heteroatoms. The number of aromatic nitrogens is 2. The van der Waals surface area contributed by atoms with Gasteiger partial charge >= 0.3 is 0 Å². The highest BCUT2D eigenvalue weighted by molar-refractivity contribution is 7.90. The van der Waals surface area contributed by atoms with E-state index in [-0.39, 0.29) is 11.0 Å². The Kier molecular flexibility index (Phi) is 2.68. The molecule has 0 aliphatic heterocycles. The highest BCUT2D eigenvalue weighted by atomic mass is 32.2. The predicted molar refractivity (Wildman–Crippen MR) is 48.7 cm³/mol. The lowest BCUT2D eigenvalue weighted by Crippen LogP contribution is -2.04. The number of rotatable bonds is 2. The van der Waals surface area contributed by atoms with Crippen LogP contribution in [0.15, 0.2) is 16.3 Å². The van der Waals surface area contributed by atoms with Crippen LogP contribution < -0.4 is 0 Å². The quantitative estimate of drug-likeness (QED) is 0.317. The lowest BCUT2D eigenvalue weighted by atomic mass is 10.4. The lowest BCUT2D eigenvalue weighted by Gasteiger charge is -1.99. The van der Waals surface area contributed by atoms with Gasteiger partial charge in [-0.05, 0) is 23.6 Å². The third-order valence-corrected chi connectivity index (χ3v) is 2.14. The molecule has 1 rings (SSSR count). The van der Waals surface area contributed by atoms with Gasteiger partial charge in [0.25, 0.3) is 0 Å². The van der Waals surface area contributed by atoms with Crippen LogP contribution in [0.4, 0.5) is 5.82 Å². The van der Waals surface area contributed by atoms with E-state index in [9.17, 15) is 8.42 Å². The fraction of sp³-hybridized carbons (Fsp3) is 0.333. The molecule has 0 atom stereocenters. The van der Waals surface area contributed by atoms with Gasteiger partial charge in [-0.2, -0.15) is 0 Å². The Hall–Kier alpha value is -1.66. The van der Waals surface area contributed by atoms with Crippen LogP contribution in [0.1, 0.15) is 5.69 Å². The minimum absolute atomic E-state index is 0.000394. The van der Waals surface area contributed by atoms with Crippen LogP contribution in [-0.2, 0) is 9.84 Å². The molecule has 0 N–H and O–H groups in total. The van der Waals surface area contributed by atoms with E-state index in [2.05, 4.69) is 20.0 Å². The molecule has 0 fully saturated rings. The van der Waals surface area contributed by atoms with Gasteiger partial charge in [0.15, 0.2) is 0 Å². The number of aryl methyl sites for hydroxylation is 1. The molecule has 1 aromatic heterocycles. The molecule has 0 unspecified atom stereocenters. The van der Waals surface area contributed by atoms with Crippen LogP contribution in [0.5, 0.6) is 0 Å². The smallest absolute Gasteiger partial charge is 0.224 e. The van der Waals surface area contributed by atoms with Crippen molar-refractivity contribution in [3.05, 3.63) is 22.2 Å². The molecule has 0 aliphatic carbocycles. The monoisotopic (exact) mass is 213 g/mol. The maximum Gasteiger partial charge on any atom is 0.247 e. The number of nitrogens with zero attached hydrogens (tertiary/aromatic N) is 5. The molecule has 0 radical (unpaired) electrons. The van der Waals surface area contributed by atoms with Crippen LogP contribution in [-0.4, -0.2) is 24.6 Å². The van der Waals surface area contributed by atoms with Crippen LogP contribution in [0.25, 0.3) is 10.4 Å². The standard InChI is InChI=1S/C6H7N5O2S/c1-4-3-5(10-11-7)9-6(8-4)14(2,12)13/h3H,1-2H3. The van der Waals surface area contributed by atoms with E-state index in [1.807, 2.05) is 0 Å². The summed E-state index contributed by atoms with van der Waals surface area (Å²) in [6.07, 6.45) is 0.988. The van der Waals surface area contributed by atoms with Crippen molar-refractivity contribution in [3.63, 3.8) is 0 Å². The predicted octanol–water partition coefficient (Wildman–Crippen LogP) is 1.13. The van der Waals surface area contributed by atoms with Gasteiger partial charge in [-0.25, -0.2) is 18.4 Å². The molecule has 0 spiro atoms. The van der Waals surface area contributed by atoms with Gasteiger partial charge in [-0.1, -0.05) is 0 Å². The summed E-state index contributed by atoms with van der Waals surface area (Å²) >= 11 is 0. The van der Waals surface area contributed by atoms with Gasteiger partial charge in [0.2, 0.25) is 15.0 Å². The summed E-state index contributed by atoms with van der Waals surface area (Å²) in [5.41, 5.74) is 8.59. The highest BCUT2D eigenvalue weighted by Crippen LogP contribution is 2.12. The molecule has 0 saturated heterocycles. The topological polar surface area (TPSA) is 109 Å². The van der Waals surface area contributed by atoms with Gasteiger partial charge in [0.05, 0.1) is 0 Å². The lowest BCUT2D eigenvalue weighted by molar-refractivity contribution is 0.592. The molecule has 0 saturated carbocycles. The van der Waals surface area contributed by atoms with Crippen LogP contribution >= 0.6 is 0 Å². The van der Waals surface area contributed by atoms with E-state index >= 15 is 0 Å². The zero-order valence-corrected chi connectivity index (χ0v) is 8.35. The molecule has 0 aliphatic rings. The molecule has 14 heavy (non-hydrogen) atoms. The molecule has 0 amide bonds. The molecule has 0 bridgehead atoms. The number of hydrogen-bond acceptors (Lipinski definition) is 5. The zero-order chi connectivity index (χ0) is 10.8. The van der Waals surface area contributed by atoms with E-state index in [4.69, 9.17) is 5.53 Å². The van der Waals surface area contributed by atoms with Crippen LogP contribution in [0, 0.1) is 6.92 Å². The summed E-state index contributed by atoms with van der Waals surface area (Å²) in [6, 6.07) is 1.40. The summed E-state index contributed by atoms with van der Waals surface area (Å²) in [5, 5.41) is 2.87. The van der Waals surface area contributed by atoms with Gasteiger partial charge in [0, 0.05) is 16.9 Å². The molecular formula is C6H7N5O2S. The van der Waals surface area contributed by atoms with Crippen molar-refractivity contribution < 1.29 is 8.42 Å². The molecule has 0 aromatic carbocycles. The fourth-order valence-corrected chi connectivity index (χ4v) is 1.36. The minimum Gasteiger partial charge on any atom is -0.224 e. The Balaban J connectivity index is 3.42. The van der Waals surface area contributed by atoms with E-state index in [1.165, 1.54) is 6.07 Å². The summed E-state index contributed by atoms with van der Waals surface area (Å²) < 4.78 is 22.2. The van der Waals surface area contributed by atoms with Gasteiger partial charge in [-0.3, -0.25) is 0 Å². The average Bonchev–Trinajstić information content (AvgIpc) is 2.02. The second-order valence-electron chi connectivity index (χ2n) is 2.61. The van der Waals surface area contributed by atoms with E-state index in [0.717, 1.165) is 6.26 Å². The van der Waals surface area contributed by atoms with E-state index in [1.54, 1.807) is 6.92 Å². The third kappa shape index (κ3) is 2.41. The maximum atomic E-state index is 11.1. The third-order valence-electron chi connectivity index (χ3n) is 1.30. The summed E-state index contributed by atoms with van der Waals surface area (Å²) in [6.45, 7) is 1.59. The number of hydrogen-bond donors (Lipinski definition) is 0. The molecule has 1 heterocycles. The first-order valence-corrected chi connectivity index (χ1v) is 5.43. The average molecular weight is 213 g/mol. The van der Waals surface area contributed by atoms with Crippen molar-refractivity contribution in [2.24, 2.45) is 5.11 Å². The summed E-state index contributed by atoms with van der Waals surface area (Å²) in [5.74, 6) is 0.000394. The second-order valence-corrected chi connectivity index (χ2v) is 4.52. The number of azide groups is 1. The molecular weight excluding hydrogens is 206 g/mol. The molecule has 74 valence electrons. The SMILES string of the molecule is Cc1cc(N=[N+]=[N-])nc(S(C)(=O)=O)n1. The molecule has 1 aromatic rings. The Morgan fingerprint density at radius 1 is 1.50 bits per heavy atom. The first-order chi connectivity index (χ1) is 6.43. The molecule has 7 nitrogen and oxygen atoms in total. The van der Waals surface area contributed by atoms with Gasteiger partial charge < -0.3 is 0 Å². The first-order valence-electron chi connectivity index (χ1n) is 3.54. The van der Waals surface area contributed by atoms with Gasteiger partial charge in [-0.15, -0.1) is 0 Å². The Bertz CT molecular complexity index is 503. The van der Waals surface area contributed by atoms with Crippen molar-refractivity contribution in [2.75, 3.05) is 6.26 Å². The van der Waals surface area contributed by atoms with Gasteiger partial charge in [0.1, 0.15) is 5.82 Å². The maximum absolute atomic E-state index is 11.1. The zero-order valence-electron chi connectivity index (χ0n) is 7.54. The van der Waals surface area contributed by atoms with Crippen molar-refractivity contribution >= 4 is 15.7 Å². The summed E-state index contributed by atoms with van der Waals surface area (Å²) in [4.78, 5) is 9.79. The Morgan fingerprint density at radius 2 is 2.14 bits per heavy atom. The highest BCUT2D eigenvalue weighted by Gasteiger charge is 2.12. The van der Waals surface area contributed by atoms with Crippen LogP contribution in [0.3, 0.4) is 0 Å². The fourth-order valence-electron chi connectivity index (χ4n) is 0.788. The normalized spacial score (nSPS) is 10.7. The Morgan fingerprint density at radius 3 is 2.64 bits per heavy atom. The largest absolute Gasteiger partial charge is 0.247 e.